The highest BCUT2D eigenvalue weighted by atomic mass is 16.3. The van der Waals surface area contributed by atoms with Crippen molar-refractivity contribution in [2.75, 3.05) is 0 Å². The Labute approximate surface area is 83.6 Å². The first-order chi connectivity index (χ1) is 6.70. The molecule has 0 bridgehead atoms. The van der Waals surface area contributed by atoms with Gasteiger partial charge in [-0.15, -0.1) is 0 Å². The molecule has 0 radical (unpaired) electrons. The minimum atomic E-state index is 0.103. The van der Waals surface area contributed by atoms with Crippen molar-refractivity contribution >= 4 is 10.9 Å². The van der Waals surface area contributed by atoms with Crippen molar-refractivity contribution in [3.63, 3.8) is 0 Å². The van der Waals surface area contributed by atoms with Gasteiger partial charge in [-0.05, 0) is 29.0 Å². The fourth-order valence-electron chi connectivity index (χ4n) is 1.61. The molecule has 2 aromatic rings. The maximum Gasteiger partial charge on any atom is 0.0682 e. The van der Waals surface area contributed by atoms with Gasteiger partial charge in [0.2, 0.25) is 0 Å². The van der Waals surface area contributed by atoms with Crippen LogP contribution in [0.4, 0.5) is 0 Å². The topological polar surface area (TPSA) is 36.0 Å². The second-order valence-electron chi connectivity index (χ2n) is 3.96. The Bertz CT molecular complexity index is 443. The lowest BCUT2D eigenvalue weighted by molar-refractivity contribution is 0.282. The van der Waals surface area contributed by atoms with Crippen LogP contribution in [0.15, 0.2) is 24.3 Å². The largest absolute Gasteiger partial charge is 0.392 e. The van der Waals surface area contributed by atoms with Gasteiger partial charge in [-0.25, -0.2) is 0 Å². The van der Waals surface area contributed by atoms with Gasteiger partial charge >= 0.3 is 0 Å². The van der Waals surface area contributed by atoms with Crippen LogP contribution in [0.25, 0.3) is 10.9 Å². The van der Waals surface area contributed by atoms with E-state index >= 15 is 0 Å². The first-order valence-electron chi connectivity index (χ1n) is 4.93. The first kappa shape index (κ1) is 9.28. The van der Waals surface area contributed by atoms with E-state index in [0.29, 0.717) is 5.92 Å². The maximum atomic E-state index is 9.00. The summed E-state index contributed by atoms with van der Waals surface area (Å²) in [7, 11) is 0. The van der Waals surface area contributed by atoms with E-state index in [1.807, 2.05) is 18.2 Å². The van der Waals surface area contributed by atoms with Crippen molar-refractivity contribution in [2.45, 2.75) is 26.4 Å². The zero-order valence-corrected chi connectivity index (χ0v) is 8.54. The summed E-state index contributed by atoms with van der Waals surface area (Å²) in [4.78, 5) is 3.36. The van der Waals surface area contributed by atoms with E-state index in [4.69, 9.17) is 5.11 Å². The molecule has 1 heterocycles. The van der Waals surface area contributed by atoms with Crippen LogP contribution >= 0.6 is 0 Å². The Morgan fingerprint density at radius 2 is 2.07 bits per heavy atom. The summed E-state index contributed by atoms with van der Waals surface area (Å²) in [6.07, 6.45) is 0. The SMILES string of the molecule is CC(C)c1cc2ccc(CO)cc2[nH]1. The molecule has 0 atom stereocenters. The number of benzene rings is 1. The van der Waals surface area contributed by atoms with E-state index < -0.39 is 0 Å². The lowest BCUT2D eigenvalue weighted by Gasteiger charge is -1.98. The van der Waals surface area contributed by atoms with Gasteiger partial charge in [0.15, 0.2) is 0 Å². The van der Waals surface area contributed by atoms with E-state index in [2.05, 4.69) is 24.9 Å². The van der Waals surface area contributed by atoms with Crippen LogP contribution < -0.4 is 0 Å². The zero-order chi connectivity index (χ0) is 10.1. The van der Waals surface area contributed by atoms with Gasteiger partial charge < -0.3 is 10.1 Å². The van der Waals surface area contributed by atoms with Crippen LogP contribution in [0, 0.1) is 0 Å². The molecule has 0 saturated heterocycles. The Hall–Kier alpha value is -1.28. The summed E-state index contributed by atoms with van der Waals surface area (Å²) in [6.45, 7) is 4.43. The Kier molecular flexibility index (Phi) is 2.30. The third kappa shape index (κ3) is 1.53. The molecular formula is C12H15NO. The third-order valence-corrected chi connectivity index (χ3v) is 2.51. The molecule has 1 aromatic heterocycles. The highest BCUT2D eigenvalue weighted by Crippen LogP contribution is 2.21. The fraction of sp³-hybridized carbons (Fsp3) is 0.333. The number of fused-ring (bicyclic) bond motifs is 1. The molecule has 1 aromatic carbocycles. The molecule has 0 unspecified atom stereocenters. The highest BCUT2D eigenvalue weighted by Gasteiger charge is 2.04. The number of rotatable bonds is 2. The van der Waals surface area contributed by atoms with E-state index in [1.54, 1.807) is 0 Å². The van der Waals surface area contributed by atoms with Gasteiger partial charge in [0.1, 0.15) is 0 Å². The van der Waals surface area contributed by atoms with Crippen molar-refractivity contribution in [1.82, 2.24) is 4.98 Å². The molecule has 0 saturated carbocycles. The maximum absolute atomic E-state index is 9.00. The van der Waals surface area contributed by atoms with Crippen LogP contribution in [-0.4, -0.2) is 10.1 Å². The van der Waals surface area contributed by atoms with Crippen LogP contribution in [0.2, 0.25) is 0 Å². The number of hydrogen-bond donors (Lipinski definition) is 2. The Morgan fingerprint density at radius 3 is 2.71 bits per heavy atom. The van der Waals surface area contributed by atoms with Crippen molar-refractivity contribution in [2.24, 2.45) is 0 Å². The zero-order valence-electron chi connectivity index (χ0n) is 8.54. The average Bonchev–Trinajstić information content (AvgIpc) is 2.59. The molecule has 2 rings (SSSR count). The van der Waals surface area contributed by atoms with E-state index in [9.17, 15) is 0 Å². The smallest absolute Gasteiger partial charge is 0.0682 e. The van der Waals surface area contributed by atoms with Crippen molar-refractivity contribution in [3.05, 3.63) is 35.5 Å². The molecule has 0 aliphatic rings. The quantitative estimate of drug-likeness (QED) is 0.748. The average molecular weight is 189 g/mol. The second kappa shape index (κ2) is 3.46. The third-order valence-electron chi connectivity index (χ3n) is 2.51. The fourth-order valence-corrected chi connectivity index (χ4v) is 1.61. The molecule has 0 amide bonds. The second-order valence-corrected chi connectivity index (χ2v) is 3.96. The standard InChI is InChI=1S/C12H15NO/c1-8(2)11-6-10-4-3-9(7-14)5-12(10)13-11/h3-6,8,13-14H,7H2,1-2H3. The predicted octanol–water partition coefficient (Wildman–Crippen LogP) is 2.78. The number of aliphatic hydroxyl groups excluding tert-OH is 1. The van der Waals surface area contributed by atoms with E-state index in [0.717, 1.165) is 11.1 Å². The monoisotopic (exact) mass is 189 g/mol. The van der Waals surface area contributed by atoms with Crippen molar-refractivity contribution in [3.8, 4) is 0 Å². The summed E-state index contributed by atoms with van der Waals surface area (Å²) in [5.41, 5.74) is 3.31. The molecule has 0 aliphatic carbocycles. The van der Waals surface area contributed by atoms with Gasteiger partial charge in [-0.2, -0.15) is 0 Å². The van der Waals surface area contributed by atoms with Crippen LogP contribution in [-0.2, 0) is 6.61 Å². The van der Waals surface area contributed by atoms with Crippen LogP contribution in [0.5, 0.6) is 0 Å². The van der Waals surface area contributed by atoms with Crippen molar-refractivity contribution in [1.29, 1.82) is 0 Å². The number of aliphatic hydroxyl groups is 1. The normalized spacial score (nSPS) is 11.4. The molecule has 0 aliphatic heterocycles. The molecule has 0 spiro atoms. The number of aromatic nitrogens is 1. The first-order valence-corrected chi connectivity index (χ1v) is 4.93. The van der Waals surface area contributed by atoms with Crippen LogP contribution in [0.1, 0.15) is 31.0 Å². The summed E-state index contributed by atoms with van der Waals surface area (Å²) >= 11 is 0. The number of aromatic amines is 1. The molecule has 2 N–H and O–H groups in total. The van der Waals surface area contributed by atoms with Crippen molar-refractivity contribution < 1.29 is 5.11 Å². The minimum absolute atomic E-state index is 0.103. The van der Waals surface area contributed by atoms with Crippen LogP contribution in [0.3, 0.4) is 0 Å². The molecule has 2 heteroatoms. The summed E-state index contributed by atoms with van der Waals surface area (Å²) in [5, 5.41) is 10.2. The number of nitrogens with one attached hydrogen (secondary N) is 1. The summed E-state index contributed by atoms with van der Waals surface area (Å²) in [5.74, 6) is 0.514. The lowest BCUT2D eigenvalue weighted by atomic mass is 10.1. The highest BCUT2D eigenvalue weighted by molar-refractivity contribution is 5.81. The van der Waals surface area contributed by atoms with Gasteiger partial charge in [0, 0.05) is 11.2 Å². The van der Waals surface area contributed by atoms with Gasteiger partial charge in [-0.3, -0.25) is 0 Å². The minimum Gasteiger partial charge on any atom is -0.392 e. The van der Waals surface area contributed by atoms with Gasteiger partial charge in [0.05, 0.1) is 6.61 Å². The molecular weight excluding hydrogens is 174 g/mol. The number of hydrogen-bond acceptors (Lipinski definition) is 1. The van der Waals surface area contributed by atoms with Gasteiger partial charge in [0.25, 0.3) is 0 Å². The Morgan fingerprint density at radius 1 is 1.29 bits per heavy atom. The molecule has 2 nitrogen and oxygen atoms in total. The predicted molar refractivity (Wildman–Crippen MR) is 58.3 cm³/mol. The molecule has 14 heavy (non-hydrogen) atoms. The Balaban J connectivity index is 2.54. The lowest BCUT2D eigenvalue weighted by Crippen LogP contribution is -1.85. The van der Waals surface area contributed by atoms with E-state index in [1.165, 1.54) is 11.1 Å². The summed E-state index contributed by atoms with van der Waals surface area (Å²) in [6, 6.07) is 8.17. The summed E-state index contributed by atoms with van der Waals surface area (Å²) < 4.78 is 0. The molecule has 0 fully saturated rings. The van der Waals surface area contributed by atoms with Gasteiger partial charge in [-0.1, -0.05) is 26.0 Å². The van der Waals surface area contributed by atoms with E-state index in [-0.39, 0.29) is 6.61 Å². The number of H-pyrrole nitrogens is 1. The molecule has 74 valence electrons.